The number of ether oxygens (including phenoxy) is 2. The van der Waals surface area contributed by atoms with E-state index in [4.69, 9.17) is 26.8 Å². The van der Waals surface area contributed by atoms with Gasteiger partial charge in [0.15, 0.2) is 16.9 Å². The number of benzene rings is 1. The van der Waals surface area contributed by atoms with Gasteiger partial charge >= 0.3 is 0 Å². The van der Waals surface area contributed by atoms with Crippen LogP contribution in [0.1, 0.15) is 18.4 Å². The van der Waals surface area contributed by atoms with Crippen molar-refractivity contribution in [2.75, 3.05) is 26.4 Å². The number of nitrogens with zero attached hydrogens (tertiary/aromatic N) is 4. The van der Waals surface area contributed by atoms with Gasteiger partial charge in [0.25, 0.3) is 0 Å². The highest BCUT2D eigenvalue weighted by atomic mass is 35.5. The molecule has 146 valence electrons. The Morgan fingerprint density at radius 3 is 2.55 bits per heavy atom. The maximum absolute atomic E-state index is 10.1. The zero-order valence-corrected chi connectivity index (χ0v) is 16.5. The Labute approximate surface area is 173 Å². The van der Waals surface area contributed by atoms with E-state index >= 15 is 0 Å². The van der Waals surface area contributed by atoms with Crippen molar-refractivity contribution in [1.29, 1.82) is 15.8 Å². The van der Waals surface area contributed by atoms with Crippen molar-refractivity contribution < 1.29 is 9.47 Å². The maximum atomic E-state index is 10.1. The molecular weight excluding hydrogens is 390 g/mol. The van der Waals surface area contributed by atoms with Gasteiger partial charge in [-0.05, 0) is 23.7 Å². The summed E-state index contributed by atoms with van der Waals surface area (Å²) in [5.41, 5.74) is 6.16. The molecule has 1 aromatic carbocycles. The van der Waals surface area contributed by atoms with Crippen molar-refractivity contribution in [3.05, 3.63) is 45.6 Å². The average Bonchev–Trinajstić information content (AvgIpc) is 3.19. The SMILES string of the molecule is CCN1CC=C2C(C#N)=C(N)C(C#N)(C#N)[C@@H](c3cc4c(cc3Cl)OCO4)[C@@H]2C1. The van der Waals surface area contributed by atoms with Gasteiger partial charge in [0.2, 0.25) is 6.79 Å². The number of hydrogen-bond donors (Lipinski definition) is 1. The van der Waals surface area contributed by atoms with E-state index in [9.17, 15) is 15.8 Å². The summed E-state index contributed by atoms with van der Waals surface area (Å²) in [5.74, 6) is 0.0846. The molecule has 2 heterocycles. The second kappa shape index (κ2) is 7.01. The van der Waals surface area contributed by atoms with E-state index in [-0.39, 0.29) is 24.0 Å². The van der Waals surface area contributed by atoms with Crippen molar-refractivity contribution in [2.24, 2.45) is 17.1 Å². The average molecular weight is 408 g/mol. The Balaban J connectivity index is 2.00. The molecule has 2 atom stereocenters. The van der Waals surface area contributed by atoms with Crippen molar-refractivity contribution >= 4 is 11.6 Å². The standard InChI is InChI=1S/C21H18ClN5O2/c1-2-27-4-3-12-14(7-23)20(26)21(9-24,10-25)19(15(12)8-27)13-5-17-18(6-16(13)22)29-11-28-17/h3,5-6,15,19H,2,4,8,11,26H2,1H3/t15-,19+/m1/s1. The van der Waals surface area contributed by atoms with E-state index in [0.717, 1.165) is 12.1 Å². The summed E-state index contributed by atoms with van der Waals surface area (Å²) in [6.45, 7) is 4.19. The molecule has 0 fully saturated rings. The Morgan fingerprint density at radius 2 is 1.93 bits per heavy atom. The first-order valence-electron chi connectivity index (χ1n) is 9.25. The van der Waals surface area contributed by atoms with Crippen LogP contribution in [0.3, 0.4) is 0 Å². The van der Waals surface area contributed by atoms with Crippen molar-refractivity contribution in [1.82, 2.24) is 4.90 Å². The first-order valence-corrected chi connectivity index (χ1v) is 9.63. The normalized spacial score (nSPS) is 24.7. The number of allylic oxidation sites excluding steroid dienone is 2. The molecule has 2 N–H and O–H groups in total. The summed E-state index contributed by atoms with van der Waals surface area (Å²) in [6.07, 6.45) is 1.97. The second-order valence-corrected chi connectivity index (χ2v) is 7.66. The molecule has 1 aliphatic carbocycles. The Hall–Kier alpha value is -3.18. The van der Waals surface area contributed by atoms with Crippen LogP contribution in [0.5, 0.6) is 11.5 Å². The minimum Gasteiger partial charge on any atom is -0.454 e. The molecule has 0 amide bonds. The molecule has 1 aromatic rings. The van der Waals surface area contributed by atoms with E-state index in [1.807, 2.05) is 13.0 Å². The minimum absolute atomic E-state index is 0.0174. The molecule has 4 rings (SSSR count). The fourth-order valence-electron chi connectivity index (χ4n) is 4.51. The molecule has 3 aliphatic rings. The van der Waals surface area contributed by atoms with Crippen LogP contribution in [0, 0.1) is 45.3 Å². The van der Waals surface area contributed by atoms with Crippen LogP contribution in [-0.2, 0) is 0 Å². The van der Waals surface area contributed by atoms with Crippen LogP contribution in [-0.4, -0.2) is 31.3 Å². The van der Waals surface area contributed by atoms with E-state index in [0.29, 0.717) is 35.2 Å². The number of fused-ring (bicyclic) bond motifs is 2. The highest BCUT2D eigenvalue weighted by Gasteiger charge is 2.55. The predicted molar refractivity (Wildman–Crippen MR) is 104 cm³/mol. The Kier molecular flexibility index (Phi) is 4.63. The summed E-state index contributed by atoms with van der Waals surface area (Å²) in [6, 6.07) is 9.73. The minimum atomic E-state index is -1.72. The van der Waals surface area contributed by atoms with Gasteiger partial charge in [-0.3, -0.25) is 4.90 Å². The highest BCUT2D eigenvalue weighted by molar-refractivity contribution is 6.31. The van der Waals surface area contributed by atoms with Gasteiger partial charge in [0.05, 0.1) is 23.4 Å². The van der Waals surface area contributed by atoms with Crippen molar-refractivity contribution in [3.63, 3.8) is 0 Å². The van der Waals surface area contributed by atoms with E-state index < -0.39 is 11.3 Å². The third-order valence-electron chi connectivity index (χ3n) is 6.01. The van der Waals surface area contributed by atoms with Crippen molar-refractivity contribution in [2.45, 2.75) is 12.8 Å². The Bertz CT molecular complexity index is 1060. The van der Waals surface area contributed by atoms with Gasteiger partial charge < -0.3 is 15.2 Å². The monoisotopic (exact) mass is 407 g/mol. The lowest BCUT2D eigenvalue weighted by Gasteiger charge is -2.45. The van der Waals surface area contributed by atoms with Crippen LogP contribution < -0.4 is 15.2 Å². The largest absolute Gasteiger partial charge is 0.454 e. The van der Waals surface area contributed by atoms with E-state index in [2.05, 4.69) is 23.1 Å². The van der Waals surface area contributed by atoms with Crippen LogP contribution in [0.4, 0.5) is 0 Å². The smallest absolute Gasteiger partial charge is 0.231 e. The van der Waals surface area contributed by atoms with Gasteiger partial charge in [0.1, 0.15) is 6.07 Å². The van der Waals surface area contributed by atoms with Crippen LogP contribution in [0.15, 0.2) is 35.1 Å². The summed E-state index contributed by atoms with van der Waals surface area (Å²) in [4.78, 5) is 2.19. The summed E-state index contributed by atoms with van der Waals surface area (Å²) < 4.78 is 10.9. The van der Waals surface area contributed by atoms with Crippen LogP contribution >= 0.6 is 11.6 Å². The maximum Gasteiger partial charge on any atom is 0.231 e. The van der Waals surface area contributed by atoms with Crippen LogP contribution in [0.25, 0.3) is 0 Å². The first kappa shape index (κ1) is 19.2. The molecule has 0 aromatic heterocycles. The van der Waals surface area contributed by atoms with Gasteiger partial charge in [-0.15, -0.1) is 0 Å². The molecule has 8 heteroatoms. The molecule has 2 aliphatic heterocycles. The molecular formula is C21H18ClN5O2. The van der Waals surface area contributed by atoms with E-state index in [1.54, 1.807) is 12.1 Å². The topological polar surface area (TPSA) is 119 Å². The second-order valence-electron chi connectivity index (χ2n) is 7.25. The first-order chi connectivity index (χ1) is 14.0. The quantitative estimate of drug-likeness (QED) is 0.800. The lowest BCUT2D eigenvalue weighted by molar-refractivity contribution is 0.173. The third kappa shape index (κ3) is 2.65. The highest BCUT2D eigenvalue weighted by Crippen LogP contribution is 2.56. The molecule has 0 bridgehead atoms. The lowest BCUT2D eigenvalue weighted by atomic mass is 9.58. The zero-order valence-electron chi connectivity index (χ0n) is 15.8. The fraction of sp³-hybridized carbons (Fsp3) is 0.381. The number of nitriles is 3. The molecule has 29 heavy (non-hydrogen) atoms. The van der Waals surface area contributed by atoms with Gasteiger partial charge in [-0.1, -0.05) is 24.6 Å². The van der Waals surface area contributed by atoms with E-state index in [1.165, 1.54) is 0 Å². The number of likely N-dealkylation sites (N-methyl/N-ethyl adjacent to an activating group) is 1. The van der Waals surface area contributed by atoms with Crippen LogP contribution in [0.2, 0.25) is 5.02 Å². The molecule has 7 nitrogen and oxygen atoms in total. The summed E-state index contributed by atoms with van der Waals surface area (Å²) >= 11 is 6.59. The van der Waals surface area contributed by atoms with Crippen molar-refractivity contribution in [3.8, 4) is 29.7 Å². The number of nitrogens with two attached hydrogens (primary N) is 1. The number of hydrogen-bond acceptors (Lipinski definition) is 7. The molecule has 0 saturated heterocycles. The molecule has 0 unspecified atom stereocenters. The summed E-state index contributed by atoms with van der Waals surface area (Å²) in [7, 11) is 0. The predicted octanol–water partition coefficient (Wildman–Crippen LogP) is 2.81. The van der Waals surface area contributed by atoms with Gasteiger partial charge in [-0.2, -0.15) is 15.8 Å². The summed E-state index contributed by atoms with van der Waals surface area (Å²) in [5, 5.41) is 30.4. The zero-order chi connectivity index (χ0) is 20.8. The number of halogens is 1. The molecule has 0 saturated carbocycles. The number of rotatable bonds is 2. The molecule has 0 radical (unpaired) electrons. The fourth-order valence-corrected chi connectivity index (χ4v) is 4.78. The Morgan fingerprint density at radius 1 is 1.24 bits per heavy atom. The molecule has 0 spiro atoms. The lowest BCUT2D eigenvalue weighted by Crippen LogP contribution is -2.48. The van der Waals surface area contributed by atoms with Gasteiger partial charge in [-0.25, -0.2) is 0 Å². The van der Waals surface area contributed by atoms with Gasteiger partial charge in [0, 0.05) is 36.0 Å². The third-order valence-corrected chi connectivity index (χ3v) is 6.34.